The van der Waals surface area contributed by atoms with Gasteiger partial charge in [-0.25, -0.2) is 9.67 Å². The van der Waals surface area contributed by atoms with Crippen LogP contribution in [-0.2, 0) is 22.1 Å². The van der Waals surface area contributed by atoms with Crippen molar-refractivity contribution in [1.82, 2.24) is 14.8 Å². The summed E-state index contributed by atoms with van der Waals surface area (Å²) in [5.41, 5.74) is 0.403. The highest BCUT2D eigenvalue weighted by molar-refractivity contribution is 7.14. The number of rotatable bonds is 6. The third-order valence-corrected chi connectivity index (χ3v) is 4.88. The number of esters is 1. The number of anilines is 1. The standard InChI is InChI=1S/C19H17F3N4O3S/c1-3-29-16(27)8-13-10-30-18(24-13)25-17(28)15-9-23-26(11(15)2)14-6-4-5-12(7-14)19(20,21)22/h4-7,9-10H,3,8H2,1-2H3,(H,24,25,28). The van der Waals surface area contributed by atoms with Crippen LogP contribution in [0.15, 0.2) is 35.8 Å². The lowest BCUT2D eigenvalue weighted by Crippen LogP contribution is -2.13. The first kappa shape index (κ1) is 21.5. The van der Waals surface area contributed by atoms with Gasteiger partial charge in [0, 0.05) is 5.38 Å². The molecule has 2 heterocycles. The number of aromatic nitrogens is 3. The highest BCUT2D eigenvalue weighted by Gasteiger charge is 2.30. The van der Waals surface area contributed by atoms with Gasteiger partial charge >= 0.3 is 12.1 Å². The van der Waals surface area contributed by atoms with Gasteiger partial charge in [0.2, 0.25) is 0 Å². The number of ether oxygens (including phenoxy) is 1. The van der Waals surface area contributed by atoms with Crippen molar-refractivity contribution in [3.8, 4) is 5.69 Å². The Kier molecular flexibility index (Phi) is 6.20. The molecule has 3 aromatic rings. The van der Waals surface area contributed by atoms with E-state index in [0.29, 0.717) is 11.4 Å². The minimum atomic E-state index is -4.48. The molecule has 0 aliphatic heterocycles. The molecule has 0 saturated heterocycles. The highest BCUT2D eigenvalue weighted by Crippen LogP contribution is 2.30. The molecular weight excluding hydrogens is 421 g/mol. The fraction of sp³-hybridized carbons (Fsp3) is 0.263. The average molecular weight is 438 g/mol. The fourth-order valence-electron chi connectivity index (χ4n) is 2.68. The van der Waals surface area contributed by atoms with E-state index in [1.165, 1.54) is 23.0 Å². The number of carbonyl (C=O) groups is 2. The summed E-state index contributed by atoms with van der Waals surface area (Å²) in [5.74, 6) is -0.929. The van der Waals surface area contributed by atoms with E-state index in [0.717, 1.165) is 23.5 Å². The zero-order chi connectivity index (χ0) is 21.9. The van der Waals surface area contributed by atoms with E-state index in [1.807, 2.05) is 0 Å². The zero-order valence-electron chi connectivity index (χ0n) is 16.0. The van der Waals surface area contributed by atoms with E-state index in [4.69, 9.17) is 4.74 Å². The van der Waals surface area contributed by atoms with Crippen LogP contribution in [-0.4, -0.2) is 33.2 Å². The fourth-order valence-corrected chi connectivity index (χ4v) is 3.38. The molecule has 30 heavy (non-hydrogen) atoms. The summed E-state index contributed by atoms with van der Waals surface area (Å²) in [4.78, 5) is 28.2. The summed E-state index contributed by atoms with van der Waals surface area (Å²) >= 11 is 1.14. The third-order valence-electron chi connectivity index (χ3n) is 4.08. The van der Waals surface area contributed by atoms with Crippen LogP contribution in [0.2, 0.25) is 0 Å². The Morgan fingerprint density at radius 3 is 2.77 bits per heavy atom. The topological polar surface area (TPSA) is 86.1 Å². The van der Waals surface area contributed by atoms with Crippen molar-refractivity contribution >= 4 is 28.3 Å². The molecule has 0 radical (unpaired) electrons. The Morgan fingerprint density at radius 2 is 2.07 bits per heavy atom. The number of halogens is 3. The van der Waals surface area contributed by atoms with E-state index in [2.05, 4.69) is 15.4 Å². The molecule has 7 nitrogen and oxygen atoms in total. The van der Waals surface area contributed by atoms with Gasteiger partial charge < -0.3 is 4.74 Å². The number of nitrogens with one attached hydrogen (secondary N) is 1. The first-order valence-corrected chi connectivity index (χ1v) is 9.70. The van der Waals surface area contributed by atoms with Gasteiger partial charge in [0.15, 0.2) is 5.13 Å². The smallest absolute Gasteiger partial charge is 0.416 e. The molecule has 0 aliphatic rings. The lowest BCUT2D eigenvalue weighted by Gasteiger charge is -2.10. The Balaban J connectivity index is 1.76. The van der Waals surface area contributed by atoms with Crippen molar-refractivity contribution in [3.63, 3.8) is 0 Å². The molecule has 0 aliphatic carbocycles. The number of hydrogen-bond acceptors (Lipinski definition) is 6. The first-order valence-electron chi connectivity index (χ1n) is 8.82. The van der Waals surface area contributed by atoms with Crippen LogP contribution in [0.1, 0.15) is 34.2 Å². The SMILES string of the molecule is CCOC(=O)Cc1csc(NC(=O)c2cnn(-c3cccc(C(F)(F)F)c3)c2C)n1. The Hall–Kier alpha value is -3.21. The zero-order valence-corrected chi connectivity index (χ0v) is 16.8. The lowest BCUT2D eigenvalue weighted by molar-refractivity contribution is -0.142. The molecule has 0 fully saturated rings. The summed E-state index contributed by atoms with van der Waals surface area (Å²) in [7, 11) is 0. The maximum absolute atomic E-state index is 13.0. The van der Waals surface area contributed by atoms with Crippen molar-refractivity contribution in [2.24, 2.45) is 0 Å². The minimum absolute atomic E-state index is 0.00723. The molecule has 3 rings (SSSR count). The number of hydrogen-bond donors (Lipinski definition) is 1. The van der Waals surface area contributed by atoms with E-state index in [1.54, 1.807) is 19.2 Å². The molecule has 158 valence electrons. The largest absolute Gasteiger partial charge is 0.466 e. The van der Waals surface area contributed by atoms with Crippen LogP contribution in [0.4, 0.5) is 18.3 Å². The number of nitrogens with zero attached hydrogens (tertiary/aromatic N) is 3. The van der Waals surface area contributed by atoms with E-state index >= 15 is 0 Å². The summed E-state index contributed by atoms with van der Waals surface area (Å²) in [6.45, 7) is 3.55. The van der Waals surface area contributed by atoms with Crippen LogP contribution in [0, 0.1) is 6.92 Å². The first-order chi connectivity index (χ1) is 14.2. The molecule has 0 unspecified atom stereocenters. The summed E-state index contributed by atoms with van der Waals surface area (Å²) in [5, 5.41) is 8.57. The predicted molar refractivity (Wildman–Crippen MR) is 104 cm³/mol. The van der Waals surface area contributed by atoms with E-state index < -0.39 is 23.6 Å². The maximum Gasteiger partial charge on any atom is 0.416 e. The van der Waals surface area contributed by atoms with Gasteiger partial charge in [-0.2, -0.15) is 18.3 Å². The molecule has 1 N–H and O–H groups in total. The number of benzene rings is 1. The molecule has 0 atom stereocenters. The number of thiazole rings is 1. The quantitative estimate of drug-likeness (QED) is 0.588. The number of amides is 1. The Bertz CT molecular complexity index is 1080. The maximum atomic E-state index is 13.0. The van der Waals surface area contributed by atoms with Crippen molar-refractivity contribution < 1.29 is 27.5 Å². The summed E-state index contributed by atoms with van der Waals surface area (Å²) in [6, 6.07) is 4.68. The molecule has 0 bridgehead atoms. The van der Waals surface area contributed by atoms with Crippen LogP contribution in [0.5, 0.6) is 0 Å². The molecular formula is C19H17F3N4O3S. The van der Waals surface area contributed by atoms with Gasteiger partial charge in [0.1, 0.15) is 0 Å². The highest BCUT2D eigenvalue weighted by atomic mass is 32.1. The molecule has 2 aromatic heterocycles. The predicted octanol–water partition coefficient (Wildman–Crippen LogP) is 4.01. The second-order valence-corrected chi connectivity index (χ2v) is 7.04. The van der Waals surface area contributed by atoms with Gasteiger partial charge in [-0.3, -0.25) is 14.9 Å². The van der Waals surface area contributed by atoms with Crippen molar-refractivity contribution in [1.29, 1.82) is 0 Å². The normalized spacial score (nSPS) is 11.4. The molecule has 11 heteroatoms. The van der Waals surface area contributed by atoms with Gasteiger partial charge in [-0.05, 0) is 32.0 Å². The van der Waals surface area contributed by atoms with E-state index in [9.17, 15) is 22.8 Å². The molecule has 0 spiro atoms. The Labute approximate surface area is 173 Å². The average Bonchev–Trinajstić information content (AvgIpc) is 3.27. The molecule has 1 amide bonds. The molecule has 1 aromatic carbocycles. The minimum Gasteiger partial charge on any atom is -0.466 e. The third kappa shape index (κ3) is 4.85. The van der Waals surface area contributed by atoms with E-state index in [-0.39, 0.29) is 29.4 Å². The monoisotopic (exact) mass is 438 g/mol. The number of alkyl halides is 3. The lowest BCUT2D eigenvalue weighted by atomic mass is 10.2. The van der Waals surface area contributed by atoms with Crippen molar-refractivity contribution in [2.75, 3.05) is 11.9 Å². The second-order valence-electron chi connectivity index (χ2n) is 6.18. The number of carbonyl (C=O) groups excluding carboxylic acids is 2. The van der Waals surface area contributed by atoms with Gasteiger partial charge in [0.05, 0.1) is 47.4 Å². The van der Waals surface area contributed by atoms with Crippen LogP contribution < -0.4 is 5.32 Å². The van der Waals surface area contributed by atoms with Gasteiger partial charge in [0.25, 0.3) is 5.91 Å². The summed E-state index contributed by atoms with van der Waals surface area (Å²) < 4.78 is 45.0. The Morgan fingerprint density at radius 1 is 1.30 bits per heavy atom. The van der Waals surface area contributed by atoms with Crippen molar-refractivity contribution in [3.05, 3.63) is 58.4 Å². The second kappa shape index (κ2) is 8.66. The summed E-state index contributed by atoms with van der Waals surface area (Å²) in [6.07, 6.45) is -3.21. The van der Waals surface area contributed by atoms with Gasteiger partial charge in [-0.1, -0.05) is 6.07 Å². The van der Waals surface area contributed by atoms with Crippen LogP contribution in [0.3, 0.4) is 0 Å². The van der Waals surface area contributed by atoms with Crippen LogP contribution in [0.25, 0.3) is 5.69 Å². The molecule has 0 saturated carbocycles. The van der Waals surface area contributed by atoms with Crippen LogP contribution >= 0.6 is 11.3 Å². The van der Waals surface area contributed by atoms with Gasteiger partial charge in [-0.15, -0.1) is 11.3 Å². The van der Waals surface area contributed by atoms with Crippen molar-refractivity contribution in [2.45, 2.75) is 26.4 Å².